The third kappa shape index (κ3) is 4.68. The fraction of sp³-hybridized carbons (Fsp3) is 0.429. The fourth-order valence-corrected chi connectivity index (χ4v) is 4.53. The van der Waals surface area contributed by atoms with Crippen LogP contribution in [0.3, 0.4) is 0 Å². The van der Waals surface area contributed by atoms with Crippen LogP contribution in [-0.2, 0) is 20.5 Å². The van der Waals surface area contributed by atoms with Crippen molar-refractivity contribution in [3.8, 4) is 12.1 Å². The Morgan fingerprint density at radius 2 is 1.03 bits per heavy atom. The van der Waals surface area contributed by atoms with Gasteiger partial charge in [-0.25, -0.2) is 0 Å². The van der Waals surface area contributed by atoms with Crippen molar-refractivity contribution in [2.75, 3.05) is 14.2 Å². The average molecular weight is 459 g/mol. The second-order valence-electron chi connectivity index (χ2n) is 8.40. The van der Waals surface area contributed by atoms with E-state index < -0.39 is 10.8 Å². The smallest absolute Gasteiger partial charge is 0.152 e. The fourth-order valence-electron chi connectivity index (χ4n) is 4.53. The van der Waals surface area contributed by atoms with Crippen molar-refractivity contribution in [1.82, 2.24) is 0 Å². The van der Waals surface area contributed by atoms with Crippen LogP contribution in [0.5, 0.6) is 0 Å². The highest BCUT2D eigenvalue weighted by Crippen LogP contribution is 2.48. The molecule has 0 fully saturated rings. The Bertz CT molecular complexity index is 1000. The van der Waals surface area contributed by atoms with E-state index in [4.69, 9.17) is 9.68 Å². The van der Waals surface area contributed by atoms with Gasteiger partial charge in [0.15, 0.2) is 10.8 Å². The summed E-state index contributed by atoms with van der Waals surface area (Å²) in [6.07, 6.45) is 2.38. The van der Waals surface area contributed by atoms with Crippen LogP contribution in [-0.4, -0.2) is 25.6 Å². The molecular formula is C28H34N4O2. The van der Waals surface area contributed by atoms with Crippen LogP contribution >= 0.6 is 0 Å². The molecule has 0 heterocycles. The van der Waals surface area contributed by atoms with Crippen molar-refractivity contribution < 1.29 is 9.68 Å². The maximum atomic E-state index is 11.1. The number of nitrogens with zero attached hydrogens (tertiary/aromatic N) is 4. The number of hydrogen-bond acceptors (Lipinski definition) is 6. The van der Waals surface area contributed by atoms with Crippen LogP contribution in [0.25, 0.3) is 0 Å². The minimum atomic E-state index is -1.51. The molecule has 0 saturated carbocycles. The second-order valence-corrected chi connectivity index (χ2v) is 8.40. The predicted octanol–water partition coefficient (Wildman–Crippen LogP) is 6.13. The van der Waals surface area contributed by atoms with E-state index in [1.807, 2.05) is 76.2 Å². The summed E-state index contributed by atoms with van der Waals surface area (Å²) in [7, 11) is 2.92. The van der Waals surface area contributed by atoms with E-state index in [0.29, 0.717) is 35.4 Å². The van der Waals surface area contributed by atoms with Crippen LogP contribution < -0.4 is 0 Å². The van der Waals surface area contributed by atoms with Gasteiger partial charge in [0.05, 0.1) is 23.6 Å². The van der Waals surface area contributed by atoms with Gasteiger partial charge < -0.3 is 9.68 Å². The summed E-state index contributed by atoms with van der Waals surface area (Å²) < 4.78 is 0. The molecule has 0 N–H and O–H groups in total. The topological polar surface area (TPSA) is 90.8 Å². The second kappa shape index (κ2) is 12.0. The van der Waals surface area contributed by atoms with Crippen molar-refractivity contribution >= 4 is 11.4 Å². The van der Waals surface area contributed by atoms with E-state index in [1.54, 1.807) is 0 Å². The number of rotatable bonds is 11. The molecule has 0 aliphatic carbocycles. The van der Waals surface area contributed by atoms with E-state index in [0.717, 1.165) is 24.0 Å². The molecule has 6 nitrogen and oxygen atoms in total. The summed E-state index contributed by atoms with van der Waals surface area (Å²) in [6.45, 7) is 8.00. The van der Waals surface area contributed by atoms with Crippen molar-refractivity contribution in [1.29, 1.82) is 10.5 Å². The minimum Gasteiger partial charge on any atom is -0.399 e. The molecule has 0 radical (unpaired) electrons. The van der Waals surface area contributed by atoms with E-state index in [1.165, 1.54) is 14.2 Å². The van der Waals surface area contributed by atoms with Crippen LogP contribution in [0.15, 0.2) is 58.8 Å². The van der Waals surface area contributed by atoms with Crippen LogP contribution in [0.1, 0.15) is 61.8 Å². The van der Waals surface area contributed by atoms with Crippen molar-refractivity contribution in [2.24, 2.45) is 10.3 Å². The number of aryl methyl sites for hydroxylation is 2. The number of nitriles is 2. The monoisotopic (exact) mass is 458 g/mol. The summed E-state index contributed by atoms with van der Waals surface area (Å²) in [5, 5.41) is 30.8. The van der Waals surface area contributed by atoms with Crippen LogP contribution in [0, 0.1) is 36.5 Å². The van der Waals surface area contributed by atoms with Crippen molar-refractivity contribution in [3.05, 3.63) is 70.8 Å². The molecule has 6 heteroatoms. The van der Waals surface area contributed by atoms with Gasteiger partial charge in [-0.15, -0.1) is 0 Å². The first-order valence-corrected chi connectivity index (χ1v) is 11.6. The Kier molecular flexibility index (Phi) is 9.39. The molecule has 0 aliphatic rings. The molecule has 2 aromatic carbocycles. The van der Waals surface area contributed by atoms with Gasteiger partial charge in [-0.05, 0) is 37.8 Å². The summed E-state index contributed by atoms with van der Waals surface area (Å²) >= 11 is 0. The van der Waals surface area contributed by atoms with Gasteiger partial charge in [-0.3, -0.25) is 0 Å². The van der Waals surface area contributed by atoms with E-state index in [-0.39, 0.29) is 0 Å². The zero-order valence-corrected chi connectivity index (χ0v) is 21.1. The first-order valence-electron chi connectivity index (χ1n) is 11.6. The van der Waals surface area contributed by atoms with Gasteiger partial charge in [0, 0.05) is 0 Å². The quantitative estimate of drug-likeness (QED) is 0.299. The maximum Gasteiger partial charge on any atom is 0.152 e. The molecular weight excluding hydrogens is 424 g/mol. The normalized spacial score (nSPS) is 15.4. The number of benzene rings is 2. The molecule has 0 aromatic heterocycles. The van der Waals surface area contributed by atoms with Gasteiger partial charge in [0.25, 0.3) is 0 Å². The van der Waals surface area contributed by atoms with E-state index in [2.05, 4.69) is 22.4 Å². The highest BCUT2D eigenvalue weighted by molar-refractivity contribution is 6.11. The molecule has 0 aliphatic heterocycles. The zero-order chi connectivity index (χ0) is 25.2. The Balaban J connectivity index is 3.19. The molecule has 0 spiro atoms. The lowest BCUT2D eigenvalue weighted by Gasteiger charge is -2.43. The van der Waals surface area contributed by atoms with Crippen LogP contribution in [0.2, 0.25) is 0 Å². The molecule has 34 heavy (non-hydrogen) atoms. The highest BCUT2D eigenvalue weighted by atomic mass is 16.6. The van der Waals surface area contributed by atoms with E-state index >= 15 is 0 Å². The van der Waals surface area contributed by atoms with Gasteiger partial charge in [-0.2, -0.15) is 10.5 Å². The average Bonchev–Trinajstić information content (AvgIpc) is 2.84. The molecule has 0 amide bonds. The molecule has 0 saturated heterocycles. The molecule has 0 unspecified atom stereocenters. The summed E-state index contributed by atoms with van der Waals surface area (Å²) in [5.74, 6) is 0. The summed E-state index contributed by atoms with van der Waals surface area (Å²) in [5.41, 5.74) is 1.35. The Morgan fingerprint density at radius 1 is 0.706 bits per heavy atom. The third-order valence-electron chi connectivity index (χ3n) is 6.11. The van der Waals surface area contributed by atoms with Gasteiger partial charge in [0.1, 0.15) is 14.2 Å². The lowest BCUT2D eigenvalue weighted by Crippen LogP contribution is -2.57. The lowest BCUT2D eigenvalue weighted by atomic mass is 9.53. The Morgan fingerprint density at radius 3 is 1.26 bits per heavy atom. The Hall–Kier alpha value is -3.64. The summed E-state index contributed by atoms with van der Waals surface area (Å²) in [4.78, 5) is 10.5. The van der Waals surface area contributed by atoms with Crippen molar-refractivity contribution in [2.45, 2.75) is 64.2 Å². The minimum absolute atomic E-state index is 0.469. The van der Waals surface area contributed by atoms with Crippen LogP contribution in [0.4, 0.5) is 0 Å². The molecule has 0 bridgehead atoms. The van der Waals surface area contributed by atoms with Crippen molar-refractivity contribution in [3.63, 3.8) is 0 Å². The lowest BCUT2D eigenvalue weighted by molar-refractivity contribution is 0.205. The van der Waals surface area contributed by atoms with Gasteiger partial charge in [-0.1, -0.05) is 96.7 Å². The first kappa shape index (κ1) is 26.6. The third-order valence-corrected chi connectivity index (χ3v) is 6.11. The summed E-state index contributed by atoms with van der Waals surface area (Å²) in [6, 6.07) is 20.5. The molecule has 2 rings (SSSR count). The van der Waals surface area contributed by atoms with Gasteiger partial charge >= 0.3 is 0 Å². The van der Waals surface area contributed by atoms with Gasteiger partial charge in [0.2, 0.25) is 0 Å². The van der Waals surface area contributed by atoms with E-state index in [9.17, 15) is 10.5 Å². The number of oxime groups is 2. The predicted molar refractivity (Wildman–Crippen MR) is 136 cm³/mol. The Labute approximate surface area is 203 Å². The number of hydrogen-bond donors (Lipinski definition) is 0. The SMILES string of the molecule is CCC/C(=N\OC)[C@](C#N)(c1ccc(C)cc1)[C@](C#N)(/C(CCC)=N/OC)c1ccc(C)cc1. The first-order chi connectivity index (χ1) is 16.4. The maximum absolute atomic E-state index is 11.1. The molecule has 2 atom stereocenters. The zero-order valence-electron chi connectivity index (χ0n) is 21.1. The highest BCUT2D eigenvalue weighted by Gasteiger charge is 2.61. The largest absolute Gasteiger partial charge is 0.399 e. The molecule has 2 aromatic rings. The standard InChI is InChI=1S/C28H34N4O2/c1-7-9-25(31-33-5)27(19-29,23-15-11-21(3)12-16-23)28(20-30,26(10-8-2)32-34-6)24-17-13-22(4)14-18-24/h11-18H,7-10H2,1-6H3/b31-25+,32-26+/t27-,28-/m0/s1. The molecule has 178 valence electrons.